The maximum Gasteiger partial charge on any atom is 0.247 e. The number of aromatic nitrogens is 2. The second-order valence-electron chi connectivity index (χ2n) is 6.84. The van der Waals surface area contributed by atoms with Crippen molar-refractivity contribution < 1.29 is 14.3 Å². The van der Waals surface area contributed by atoms with Crippen LogP contribution in [0.3, 0.4) is 0 Å². The van der Waals surface area contributed by atoms with E-state index in [1.165, 1.54) is 0 Å². The molecular formula is C20H22ClN3O3. The second-order valence-corrected chi connectivity index (χ2v) is 7.20. The Morgan fingerprint density at radius 2 is 2.07 bits per heavy atom. The highest BCUT2D eigenvalue weighted by molar-refractivity contribution is 6.31. The van der Waals surface area contributed by atoms with Crippen LogP contribution in [0.4, 0.5) is 0 Å². The van der Waals surface area contributed by atoms with Gasteiger partial charge in [0.2, 0.25) is 5.91 Å². The fourth-order valence-corrected chi connectivity index (χ4v) is 3.97. The summed E-state index contributed by atoms with van der Waals surface area (Å²) >= 11 is 6.25. The molecule has 7 heteroatoms. The molecule has 1 aromatic carbocycles. The van der Waals surface area contributed by atoms with Crippen LogP contribution < -0.4 is 9.47 Å². The summed E-state index contributed by atoms with van der Waals surface area (Å²) in [6.45, 7) is 3.74. The lowest BCUT2D eigenvalue weighted by atomic mass is 10.0. The molecular weight excluding hydrogens is 366 g/mol. The summed E-state index contributed by atoms with van der Waals surface area (Å²) in [7, 11) is 1.78. The average Bonchev–Trinajstić information content (AvgIpc) is 3.25. The third kappa shape index (κ3) is 3.41. The van der Waals surface area contributed by atoms with E-state index in [1.807, 2.05) is 30.0 Å². The van der Waals surface area contributed by atoms with E-state index in [1.54, 1.807) is 23.9 Å². The molecule has 1 fully saturated rings. The van der Waals surface area contributed by atoms with Crippen LogP contribution >= 0.6 is 11.6 Å². The lowest BCUT2D eigenvalue weighted by molar-refractivity contribution is -0.126. The van der Waals surface area contributed by atoms with E-state index >= 15 is 0 Å². The Morgan fingerprint density at radius 1 is 1.30 bits per heavy atom. The van der Waals surface area contributed by atoms with Crippen LogP contribution in [0.25, 0.3) is 6.08 Å². The lowest BCUT2D eigenvalue weighted by Gasteiger charge is -2.26. The Balaban J connectivity index is 1.54. The van der Waals surface area contributed by atoms with Gasteiger partial charge in [0.15, 0.2) is 11.5 Å². The number of hydrogen-bond donors (Lipinski definition) is 0. The molecule has 0 radical (unpaired) electrons. The molecule has 1 aromatic heterocycles. The summed E-state index contributed by atoms with van der Waals surface area (Å²) in [5, 5.41) is 4.80. The molecule has 142 valence electrons. The SMILES string of the molecule is Cc1nn(C)c(Cl)c1/C=C/C(=O)N1CCCC1c1ccc2c(c1)OCCO2. The van der Waals surface area contributed by atoms with Crippen molar-refractivity contribution >= 4 is 23.6 Å². The summed E-state index contributed by atoms with van der Waals surface area (Å²) in [4.78, 5) is 14.7. The summed E-state index contributed by atoms with van der Waals surface area (Å²) in [6.07, 6.45) is 5.26. The Bertz CT molecular complexity index is 906. The Morgan fingerprint density at radius 3 is 2.81 bits per heavy atom. The van der Waals surface area contributed by atoms with Gasteiger partial charge in [-0.2, -0.15) is 5.10 Å². The largest absolute Gasteiger partial charge is 0.486 e. The first kappa shape index (κ1) is 17.9. The Kier molecular flexibility index (Phi) is 4.83. The molecule has 6 nitrogen and oxygen atoms in total. The van der Waals surface area contributed by atoms with Crippen molar-refractivity contribution in [1.82, 2.24) is 14.7 Å². The molecule has 2 aliphatic rings. The molecule has 27 heavy (non-hydrogen) atoms. The number of halogens is 1. The first-order valence-electron chi connectivity index (χ1n) is 9.12. The van der Waals surface area contributed by atoms with Crippen LogP contribution in [0.15, 0.2) is 24.3 Å². The van der Waals surface area contributed by atoms with Crippen LogP contribution in [-0.4, -0.2) is 40.3 Å². The molecule has 0 N–H and O–H groups in total. The summed E-state index contributed by atoms with van der Waals surface area (Å²) in [6, 6.07) is 5.99. The molecule has 0 bridgehead atoms. The van der Waals surface area contributed by atoms with Crippen molar-refractivity contribution in [2.45, 2.75) is 25.8 Å². The smallest absolute Gasteiger partial charge is 0.247 e. The molecule has 3 heterocycles. The van der Waals surface area contributed by atoms with E-state index in [-0.39, 0.29) is 11.9 Å². The first-order valence-corrected chi connectivity index (χ1v) is 9.49. The number of rotatable bonds is 3. The highest BCUT2D eigenvalue weighted by Gasteiger charge is 2.30. The van der Waals surface area contributed by atoms with Gasteiger partial charge in [0.1, 0.15) is 18.4 Å². The van der Waals surface area contributed by atoms with Crippen LogP contribution in [-0.2, 0) is 11.8 Å². The topological polar surface area (TPSA) is 56.6 Å². The standard InChI is InChI=1S/C20H22ClN3O3/c1-13-15(20(21)23(2)22-13)6-8-19(25)24-9-3-4-16(24)14-5-7-17-18(12-14)27-11-10-26-17/h5-8,12,16H,3-4,9-11H2,1-2H3/b8-6+. The van der Waals surface area contributed by atoms with Crippen molar-refractivity contribution in [3.8, 4) is 11.5 Å². The number of amides is 1. The minimum absolute atomic E-state index is 0.0216. The predicted octanol–water partition coefficient (Wildman–Crippen LogP) is 3.53. The molecule has 1 unspecified atom stereocenters. The van der Waals surface area contributed by atoms with Gasteiger partial charge in [-0.05, 0) is 43.5 Å². The van der Waals surface area contributed by atoms with Crippen molar-refractivity contribution in [2.75, 3.05) is 19.8 Å². The fraction of sp³-hybridized carbons (Fsp3) is 0.400. The molecule has 1 atom stereocenters. The maximum atomic E-state index is 12.8. The number of nitrogens with zero attached hydrogens (tertiary/aromatic N) is 3. The van der Waals surface area contributed by atoms with Gasteiger partial charge in [-0.3, -0.25) is 9.48 Å². The number of ether oxygens (including phenoxy) is 2. The Hall–Kier alpha value is -2.47. The zero-order chi connectivity index (χ0) is 19.0. The maximum absolute atomic E-state index is 12.8. The zero-order valence-corrected chi connectivity index (χ0v) is 16.2. The van der Waals surface area contributed by atoms with Gasteiger partial charge in [-0.25, -0.2) is 0 Å². The molecule has 2 aromatic rings. The van der Waals surface area contributed by atoms with Crippen LogP contribution in [0.1, 0.15) is 35.7 Å². The number of benzene rings is 1. The van der Waals surface area contributed by atoms with Crippen molar-refractivity contribution in [2.24, 2.45) is 7.05 Å². The predicted molar refractivity (Wildman–Crippen MR) is 103 cm³/mol. The lowest BCUT2D eigenvalue weighted by Crippen LogP contribution is -2.29. The highest BCUT2D eigenvalue weighted by atomic mass is 35.5. The molecule has 0 aliphatic carbocycles. The molecule has 0 saturated carbocycles. The van der Waals surface area contributed by atoms with E-state index in [0.29, 0.717) is 18.4 Å². The van der Waals surface area contributed by atoms with Gasteiger partial charge >= 0.3 is 0 Å². The quantitative estimate of drug-likeness (QED) is 0.756. The second kappa shape index (κ2) is 7.27. The highest BCUT2D eigenvalue weighted by Crippen LogP contribution is 2.38. The Labute approximate surface area is 163 Å². The summed E-state index contributed by atoms with van der Waals surface area (Å²) < 4.78 is 12.9. The van der Waals surface area contributed by atoms with Gasteiger partial charge < -0.3 is 14.4 Å². The van der Waals surface area contributed by atoms with Gasteiger partial charge in [-0.1, -0.05) is 17.7 Å². The van der Waals surface area contributed by atoms with Crippen LogP contribution in [0.5, 0.6) is 11.5 Å². The molecule has 4 rings (SSSR count). The average molecular weight is 388 g/mol. The van der Waals surface area contributed by atoms with Crippen LogP contribution in [0, 0.1) is 6.92 Å². The summed E-state index contributed by atoms with van der Waals surface area (Å²) in [5.41, 5.74) is 2.66. The van der Waals surface area contributed by atoms with Gasteiger partial charge in [0, 0.05) is 25.2 Å². The number of hydrogen-bond acceptors (Lipinski definition) is 4. The molecule has 1 saturated heterocycles. The number of carbonyl (C=O) groups is 1. The normalized spacial score (nSPS) is 19.1. The van der Waals surface area contributed by atoms with Gasteiger partial charge in [0.25, 0.3) is 0 Å². The number of likely N-dealkylation sites (tertiary alicyclic amines) is 1. The third-order valence-corrected chi connectivity index (χ3v) is 5.52. The van der Waals surface area contributed by atoms with Gasteiger partial charge in [-0.15, -0.1) is 0 Å². The van der Waals surface area contributed by atoms with Crippen molar-refractivity contribution in [3.63, 3.8) is 0 Å². The summed E-state index contributed by atoms with van der Waals surface area (Å²) in [5.74, 6) is 1.50. The molecule has 2 aliphatic heterocycles. The number of carbonyl (C=O) groups excluding carboxylic acids is 1. The van der Waals surface area contributed by atoms with Crippen LogP contribution in [0.2, 0.25) is 5.15 Å². The number of aryl methyl sites for hydroxylation is 2. The van der Waals surface area contributed by atoms with E-state index in [2.05, 4.69) is 5.10 Å². The first-order chi connectivity index (χ1) is 13.0. The third-order valence-electron chi connectivity index (χ3n) is 5.08. The number of fused-ring (bicyclic) bond motifs is 1. The fourth-order valence-electron chi connectivity index (χ4n) is 3.73. The minimum atomic E-state index is -0.0216. The molecule has 0 spiro atoms. The van der Waals surface area contributed by atoms with E-state index in [9.17, 15) is 4.79 Å². The van der Waals surface area contributed by atoms with Crippen molar-refractivity contribution in [3.05, 3.63) is 46.2 Å². The van der Waals surface area contributed by atoms with Gasteiger partial charge in [0.05, 0.1) is 11.7 Å². The monoisotopic (exact) mass is 387 g/mol. The van der Waals surface area contributed by atoms with E-state index < -0.39 is 0 Å². The van der Waals surface area contributed by atoms with E-state index in [4.69, 9.17) is 21.1 Å². The van der Waals surface area contributed by atoms with E-state index in [0.717, 1.165) is 47.7 Å². The zero-order valence-electron chi connectivity index (χ0n) is 15.4. The van der Waals surface area contributed by atoms with Crippen molar-refractivity contribution in [1.29, 1.82) is 0 Å². The molecule has 1 amide bonds. The minimum Gasteiger partial charge on any atom is -0.486 e.